The molecule has 6 heteroatoms. The van der Waals surface area contributed by atoms with Gasteiger partial charge in [0.2, 0.25) is 11.0 Å². The molecule has 0 aliphatic carbocycles. The predicted octanol–water partition coefficient (Wildman–Crippen LogP) is 4.16. The summed E-state index contributed by atoms with van der Waals surface area (Å²) < 4.78 is 5.55. The van der Waals surface area contributed by atoms with Gasteiger partial charge in [-0.2, -0.15) is 0 Å². The molecule has 1 heterocycles. The lowest BCUT2D eigenvalue weighted by atomic mass is 10.1. The molecule has 124 valence electrons. The monoisotopic (exact) mass is 333 g/mol. The Labute approximate surface area is 141 Å². The van der Waals surface area contributed by atoms with Crippen LogP contribution in [-0.2, 0) is 4.79 Å². The summed E-state index contributed by atoms with van der Waals surface area (Å²) in [6, 6.07) is 7.77. The van der Waals surface area contributed by atoms with Gasteiger partial charge in [0, 0.05) is 5.92 Å². The van der Waals surface area contributed by atoms with E-state index >= 15 is 0 Å². The average Bonchev–Trinajstić information content (AvgIpc) is 2.99. The van der Waals surface area contributed by atoms with Crippen LogP contribution in [-0.4, -0.2) is 22.7 Å². The van der Waals surface area contributed by atoms with Gasteiger partial charge in [-0.15, -0.1) is 10.2 Å². The maximum atomic E-state index is 11.9. The van der Waals surface area contributed by atoms with E-state index in [2.05, 4.69) is 29.4 Å². The van der Waals surface area contributed by atoms with E-state index in [0.29, 0.717) is 17.7 Å². The van der Waals surface area contributed by atoms with Crippen molar-refractivity contribution in [2.24, 2.45) is 0 Å². The van der Waals surface area contributed by atoms with Gasteiger partial charge in [-0.1, -0.05) is 42.9 Å². The van der Waals surface area contributed by atoms with E-state index in [1.54, 1.807) is 0 Å². The third-order valence-electron chi connectivity index (χ3n) is 3.64. The van der Waals surface area contributed by atoms with Gasteiger partial charge in [0.1, 0.15) is 10.8 Å². The number of nitrogens with zero attached hydrogens (tertiary/aromatic N) is 2. The van der Waals surface area contributed by atoms with E-state index < -0.39 is 0 Å². The van der Waals surface area contributed by atoms with Crippen molar-refractivity contribution in [3.05, 3.63) is 34.8 Å². The highest BCUT2D eigenvalue weighted by atomic mass is 32.1. The number of benzene rings is 1. The van der Waals surface area contributed by atoms with E-state index in [-0.39, 0.29) is 12.3 Å². The van der Waals surface area contributed by atoms with Crippen molar-refractivity contribution in [2.45, 2.75) is 46.0 Å². The van der Waals surface area contributed by atoms with Gasteiger partial charge < -0.3 is 10.1 Å². The summed E-state index contributed by atoms with van der Waals surface area (Å²) in [4.78, 5) is 11.9. The normalized spacial score (nSPS) is 10.8. The lowest BCUT2D eigenvalue weighted by Gasteiger charge is -2.06. The highest BCUT2D eigenvalue weighted by molar-refractivity contribution is 7.15. The van der Waals surface area contributed by atoms with Crippen molar-refractivity contribution < 1.29 is 9.53 Å². The predicted molar refractivity (Wildman–Crippen MR) is 93.2 cm³/mol. The molecule has 0 saturated heterocycles. The summed E-state index contributed by atoms with van der Waals surface area (Å²) in [6.07, 6.45) is 2.35. The highest BCUT2D eigenvalue weighted by Crippen LogP contribution is 2.28. The number of carbonyl (C=O) groups is 1. The van der Waals surface area contributed by atoms with Crippen LogP contribution >= 0.6 is 11.3 Å². The maximum Gasteiger partial charge on any atom is 0.229 e. The summed E-state index contributed by atoms with van der Waals surface area (Å²) in [6.45, 7) is 6.63. The Morgan fingerprint density at radius 2 is 1.91 bits per heavy atom. The minimum Gasteiger partial charge on any atom is -0.493 e. The average molecular weight is 333 g/mol. The molecule has 0 unspecified atom stereocenters. The Kier molecular flexibility index (Phi) is 6.52. The molecule has 2 rings (SSSR count). The minimum atomic E-state index is -0.107. The van der Waals surface area contributed by atoms with Gasteiger partial charge in [0.05, 0.1) is 13.0 Å². The number of aromatic nitrogens is 2. The van der Waals surface area contributed by atoms with E-state index in [1.165, 1.54) is 16.9 Å². The number of nitrogens with one attached hydrogen (secondary N) is 1. The van der Waals surface area contributed by atoms with Gasteiger partial charge in [0.15, 0.2) is 0 Å². The van der Waals surface area contributed by atoms with Crippen LogP contribution in [0.4, 0.5) is 5.13 Å². The first-order valence-electron chi connectivity index (χ1n) is 7.95. The van der Waals surface area contributed by atoms with E-state index in [4.69, 9.17) is 4.74 Å². The Balaban J connectivity index is 1.77. The van der Waals surface area contributed by atoms with Crippen LogP contribution in [0.2, 0.25) is 0 Å². The molecule has 1 aromatic carbocycles. The molecule has 23 heavy (non-hydrogen) atoms. The summed E-state index contributed by atoms with van der Waals surface area (Å²) in [5.41, 5.74) is 1.18. The molecule has 0 aliphatic heterocycles. The van der Waals surface area contributed by atoms with Crippen LogP contribution in [0.1, 0.15) is 49.6 Å². The van der Waals surface area contributed by atoms with Gasteiger partial charge in [-0.25, -0.2) is 0 Å². The zero-order chi connectivity index (χ0) is 16.7. The number of amides is 1. The van der Waals surface area contributed by atoms with E-state index in [0.717, 1.165) is 23.6 Å². The summed E-state index contributed by atoms with van der Waals surface area (Å²) in [5.74, 6) is 1.09. The number of carbonyl (C=O) groups excluding carboxylic acids is 1. The molecule has 0 fully saturated rings. The molecule has 0 radical (unpaired) electrons. The fourth-order valence-corrected chi connectivity index (χ4v) is 3.19. The fraction of sp³-hybridized carbons (Fsp3) is 0.471. The highest BCUT2D eigenvalue weighted by Gasteiger charge is 2.14. The van der Waals surface area contributed by atoms with Crippen molar-refractivity contribution in [3.63, 3.8) is 0 Å². The van der Waals surface area contributed by atoms with Crippen LogP contribution in [0.3, 0.4) is 0 Å². The minimum absolute atomic E-state index is 0.107. The van der Waals surface area contributed by atoms with Gasteiger partial charge in [-0.3, -0.25) is 4.79 Å². The molecule has 1 amide bonds. The molecule has 1 N–H and O–H groups in total. The van der Waals surface area contributed by atoms with Crippen molar-refractivity contribution in [2.75, 3.05) is 11.9 Å². The first-order valence-corrected chi connectivity index (χ1v) is 8.76. The first-order chi connectivity index (χ1) is 11.1. The smallest absolute Gasteiger partial charge is 0.229 e. The molecule has 0 aliphatic rings. The first kappa shape index (κ1) is 17.4. The molecule has 5 nitrogen and oxygen atoms in total. The van der Waals surface area contributed by atoms with Crippen LogP contribution < -0.4 is 10.1 Å². The quantitative estimate of drug-likeness (QED) is 0.788. The van der Waals surface area contributed by atoms with Crippen LogP contribution in [0, 0.1) is 6.92 Å². The van der Waals surface area contributed by atoms with Gasteiger partial charge >= 0.3 is 0 Å². The number of hydrogen-bond donors (Lipinski definition) is 1. The van der Waals surface area contributed by atoms with Crippen LogP contribution in [0.25, 0.3) is 0 Å². The second-order valence-corrected chi connectivity index (χ2v) is 6.43. The summed E-state index contributed by atoms with van der Waals surface area (Å²) in [7, 11) is 0. The SMILES string of the molecule is CCC(CC)c1nnc(NC(=O)CCOc2ccc(C)cc2)s1. The third kappa shape index (κ3) is 5.32. The second kappa shape index (κ2) is 8.62. The molecule has 0 bridgehead atoms. The molecule has 0 atom stereocenters. The van der Waals surface area contributed by atoms with Gasteiger partial charge in [-0.05, 0) is 31.9 Å². The summed E-state index contributed by atoms with van der Waals surface area (Å²) in [5, 5.41) is 12.6. The van der Waals surface area contributed by atoms with Crippen LogP contribution in [0.5, 0.6) is 5.75 Å². The van der Waals surface area contributed by atoms with Gasteiger partial charge in [0.25, 0.3) is 0 Å². The molecular weight excluding hydrogens is 310 g/mol. The second-order valence-electron chi connectivity index (χ2n) is 5.42. The fourth-order valence-electron chi connectivity index (χ4n) is 2.17. The van der Waals surface area contributed by atoms with E-state index in [1.807, 2.05) is 31.2 Å². The zero-order valence-electron chi connectivity index (χ0n) is 13.8. The van der Waals surface area contributed by atoms with Crippen molar-refractivity contribution >= 4 is 22.4 Å². The Hall–Kier alpha value is -1.95. The topological polar surface area (TPSA) is 64.1 Å². The lowest BCUT2D eigenvalue weighted by Crippen LogP contribution is -2.15. The molecular formula is C17H23N3O2S. The number of aryl methyl sites for hydroxylation is 1. The standard InChI is InChI=1S/C17H23N3O2S/c1-4-13(5-2)16-19-20-17(23-16)18-15(21)10-11-22-14-8-6-12(3)7-9-14/h6-9,13H,4-5,10-11H2,1-3H3,(H,18,20,21). The van der Waals surface area contributed by atoms with Crippen LogP contribution in [0.15, 0.2) is 24.3 Å². The number of ether oxygens (including phenoxy) is 1. The largest absolute Gasteiger partial charge is 0.493 e. The molecule has 0 saturated carbocycles. The Bertz CT molecular complexity index is 621. The Morgan fingerprint density at radius 3 is 2.57 bits per heavy atom. The number of anilines is 1. The maximum absolute atomic E-state index is 11.9. The third-order valence-corrected chi connectivity index (χ3v) is 4.64. The molecule has 2 aromatic rings. The number of rotatable bonds is 8. The molecule has 1 aromatic heterocycles. The Morgan fingerprint density at radius 1 is 1.22 bits per heavy atom. The zero-order valence-corrected chi connectivity index (χ0v) is 14.7. The van der Waals surface area contributed by atoms with Crippen molar-refractivity contribution in [1.82, 2.24) is 10.2 Å². The van der Waals surface area contributed by atoms with Crippen molar-refractivity contribution in [1.29, 1.82) is 0 Å². The molecule has 0 spiro atoms. The number of hydrogen-bond acceptors (Lipinski definition) is 5. The van der Waals surface area contributed by atoms with E-state index in [9.17, 15) is 4.79 Å². The lowest BCUT2D eigenvalue weighted by molar-refractivity contribution is -0.116. The van der Waals surface area contributed by atoms with Crippen molar-refractivity contribution in [3.8, 4) is 5.75 Å². The summed E-state index contributed by atoms with van der Waals surface area (Å²) >= 11 is 1.45.